The van der Waals surface area contributed by atoms with Gasteiger partial charge in [0.25, 0.3) is 5.91 Å². The molecular weight excluding hydrogens is 358 g/mol. The molecule has 0 aliphatic carbocycles. The fraction of sp³-hybridized carbons (Fsp3) is 0.429. The first-order valence-electron chi connectivity index (χ1n) is 9.26. The summed E-state index contributed by atoms with van der Waals surface area (Å²) in [4.78, 5) is 19.1. The van der Waals surface area contributed by atoms with Gasteiger partial charge in [0.1, 0.15) is 5.82 Å². The molecule has 1 aromatic carbocycles. The van der Waals surface area contributed by atoms with Crippen LogP contribution in [0, 0.1) is 0 Å². The number of thioether (sulfide) groups is 1. The first-order chi connectivity index (χ1) is 13.0. The second-order valence-electron chi connectivity index (χ2n) is 7.00. The Labute approximate surface area is 165 Å². The van der Waals surface area contributed by atoms with E-state index < -0.39 is 0 Å². The number of ether oxygens (including phenoxy) is 1. The molecule has 144 valence electrons. The van der Waals surface area contributed by atoms with E-state index in [1.54, 1.807) is 11.8 Å². The molecule has 0 unspecified atom stereocenters. The zero-order chi connectivity index (χ0) is 19.2. The van der Waals surface area contributed by atoms with E-state index in [0.717, 1.165) is 30.2 Å². The van der Waals surface area contributed by atoms with E-state index in [4.69, 9.17) is 4.74 Å². The largest absolute Gasteiger partial charge is 0.372 e. The van der Waals surface area contributed by atoms with Gasteiger partial charge < -0.3 is 15.0 Å². The van der Waals surface area contributed by atoms with Crippen molar-refractivity contribution in [2.75, 3.05) is 24.2 Å². The van der Waals surface area contributed by atoms with Gasteiger partial charge in [-0.1, -0.05) is 18.2 Å². The molecule has 1 aliphatic heterocycles. The van der Waals surface area contributed by atoms with E-state index in [1.165, 1.54) is 5.56 Å². The van der Waals surface area contributed by atoms with Gasteiger partial charge in [0.2, 0.25) is 0 Å². The smallest absolute Gasteiger partial charge is 0.251 e. The number of nitrogens with one attached hydrogen (secondary N) is 1. The molecule has 1 amide bonds. The van der Waals surface area contributed by atoms with Crippen LogP contribution in [0.2, 0.25) is 0 Å². The molecule has 1 aliphatic rings. The Bertz CT molecular complexity index is 739. The molecule has 27 heavy (non-hydrogen) atoms. The summed E-state index contributed by atoms with van der Waals surface area (Å²) in [5, 5.41) is 2.96. The SMILES string of the molecule is CSCc1ccc(C(=O)NCc2ccc(N3C[C@H](C)O[C@@H](C)C3)nc2)cc1. The number of aromatic nitrogens is 1. The van der Waals surface area contributed by atoms with Crippen molar-refractivity contribution in [2.45, 2.75) is 38.4 Å². The van der Waals surface area contributed by atoms with Gasteiger partial charge in [-0.3, -0.25) is 4.79 Å². The number of rotatable bonds is 6. The van der Waals surface area contributed by atoms with E-state index in [2.05, 4.69) is 35.3 Å². The Morgan fingerprint density at radius 3 is 2.41 bits per heavy atom. The Morgan fingerprint density at radius 2 is 1.81 bits per heavy atom. The first kappa shape index (κ1) is 19.7. The first-order valence-corrected chi connectivity index (χ1v) is 10.7. The highest BCUT2D eigenvalue weighted by atomic mass is 32.2. The summed E-state index contributed by atoms with van der Waals surface area (Å²) in [7, 11) is 0. The number of carbonyl (C=O) groups excluding carboxylic acids is 1. The summed E-state index contributed by atoms with van der Waals surface area (Å²) in [5.41, 5.74) is 2.90. The molecule has 2 atom stereocenters. The van der Waals surface area contributed by atoms with E-state index in [0.29, 0.717) is 12.1 Å². The van der Waals surface area contributed by atoms with Crippen molar-refractivity contribution in [3.05, 3.63) is 59.3 Å². The minimum absolute atomic E-state index is 0.0643. The Morgan fingerprint density at radius 1 is 1.15 bits per heavy atom. The standard InChI is InChI=1S/C21H27N3O2S/c1-15-12-24(13-16(2)26-15)20-9-6-18(10-22-20)11-23-21(25)19-7-4-17(5-8-19)14-27-3/h4-10,15-16H,11-14H2,1-3H3,(H,23,25)/t15-,16-/m0/s1. The number of morpholine rings is 1. The highest BCUT2D eigenvalue weighted by Crippen LogP contribution is 2.18. The predicted octanol–water partition coefficient (Wildman–Crippen LogP) is 3.49. The zero-order valence-electron chi connectivity index (χ0n) is 16.1. The Balaban J connectivity index is 1.54. The minimum Gasteiger partial charge on any atom is -0.372 e. The molecule has 1 N–H and O–H groups in total. The van der Waals surface area contributed by atoms with Crippen LogP contribution in [-0.4, -0.2) is 42.4 Å². The molecule has 1 fully saturated rings. The fourth-order valence-electron chi connectivity index (χ4n) is 3.28. The summed E-state index contributed by atoms with van der Waals surface area (Å²) < 4.78 is 5.77. The van der Waals surface area contributed by atoms with Crippen molar-refractivity contribution in [3.8, 4) is 0 Å². The summed E-state index contributed by atoms with van der Waals surface area (Å²) in [6.07, 6.45) is 4.32. The number of hydrogen-bond donors (Lipinski definition) is 1. The second-order valence-corrected chi connectivity index (χ2v) is 7.87. The van der Waals surface area contributed by atoms with Gasteiger partial charge in [-0.15, -0.1) is 0 Å². The number of carbonyl (C=O) groups is 1. The fourth-order valence-corrected chi connectivity index (χ4v) is 3.80. The van der Waals surface area contributed by atoms with E-state index in [1.807, 2.05) is 42.6 Å². The highest BCUT2D eigenvalue weighted by Gasteiger charge is 2.22. The summed E-state index contributed by atoms with van der Waals surface area (Å²) in [6, 6.07) is 11.8. The normalized spacial score (nSPS) is 19.7. The number of amides is 1. The summed E-state index contributed by atoms with van der Waals surface area (Å²) >= 11 is 1.77. The third-order valence-electron chi connectivity index (χ3n) is 4.53. The van der Waals surface area contributed by atoms with Gasteiger partial charge in [-0.2, -0.15) is 11.8 Å². The van der Waals surface area contributed by atoms with Gasteiger partial charge in [-0.05, 0) is 49.4 Å². The molecule has 3 rings (SSSR count). The van der Waals surface area contributed by atoms with Crippen LogP contribution in [0.5, 0.6) is 0 Å². The molecule has 0 saturated carbocycles. The molecule has 0 radical (unpaired) electrons. The van der Waals surface area contributed by atoms with Crippen molar-refractivity contribution in [1.29, 1.82) is 0 Å². The zero-order valence-corrected chi connectivity index (χ0v) is 17.0. The number of anilines is 1. The number of hydrogen-bond acceptors (Lipinski definition) is 5. The number of benzene rings is 1. The van der Waals surface area contributed by atoms with Crippen molar-refractivity contribution >= 4 is 23.5 Å². The lowest BCUT2D eigenvalue weighted by atomic mass is 10.1. The van der Waals surface area contributed by atoms with Crippen LogP contribution in [0.4, 0.5) is 5.82 Å². The lowest BCUT2D eigenvalue weighted by molar-refractivity contribution is -0.00546. The van der Waals surface area contributed by atoms with Crippen molar-refractivity contribution in [1.82, 2.24) is 10.3 Å². The van der Waals surface area contributed by atoms with Crippen LogP contribution in [-0.2, 0) is 17.0 Å². The number of pyridine rings is 1. The second kappa shape index (κ2) is 9.24. The van der Waals surface area contributed by atoms with E-state index in [9.17, 15) is 4.79 Å². The van der Waals surface area contributed by atoms with Crippen molar-refractivity contribution in [2.24, 2.45) is 0 Å². The highest BCUT2D eigenvalue weighted by molar-refractivity contribution is 7.97. The topological polar surface area (TPSA) is 54.5 Å². The molecule has 5 nitrogen and oxygen atoms in total. The van der Waals surface area contributed by atoms with Gasteiger partial charge in [0, 0.05) is 37.1 Å². The molecule has 6 heteroatoms. The van der Waals surface area contributed by atoms with Crippen molar-refractivity contribution in [3.63, 3.8) is 0 Å². The van der Waals surface area contributed by atoms with Crippen LogP contribution in [0.1, 0.15) is 35.3 Å². The molecule has 2 aromatic rings. The molecule has 0 spiro atoms. The quantitative estimate of drug-likeness (QED) is 0.825. The molecule has 1 aromatic heterocycles. The summed E-state index contributed by atoms with van der Waals surface area (Å²) in [6.45, 7) is 6.33. The Hall–Kier alpha value is -2.05. The Kier molecular flexibility index (Phi) is 6.74. The maximum atomic E-state index is 12.3. The molecule has 0 bridgehead atoms. The maximum Gasteiger partial charge on any atom is 0.251 e. The molecule has 1 saturated heterocycles. The number of nitrogens with zero attached hydrogens (tertiary/aromatic N) is 2. The average Bonchev–Trinajstić information content (AvgIpc) is 2.66. The van der Waals surface area contributed by atoms with Crippen LogP contribution >= 0.6 is 11.8 Å². The van der Waals surface area contributed by atoms with E-state index in [-0.39, 0.29) is 18.1 Å². The van der Waals surface area contributed by atoms with Crippen molar-refractivity contribution < 1.29 is 9.53 Å². The lowest BCUT2D eigenvalue weighted by Gasteiger charge is -2.36. The van der Waals surface area contributed by atoms with E-state index >= 15 is 0 Å². The van der Waals surface area contributed by atoms with Gasteiger partial charge in [0.05, 0.1) is 12.2 Å². The third-order valence-corrected chi connectivity index (χ3v) is 5.15. The maximum absolute atomic E-state index is 12.3. The molecular formula is C21H27N3O2S. The summed E-state index contributed by atoms with van der Waals surface area (Å²) in [5.74, 6) is 1.85. The monoisotopic (exact) mass is 385 g/mol. The van der Waals surface area contributed by atoms with Gasteiger partial charge in [0.15, 0.2) is 0 Å². The third kappa shape index (κ3) is 5.47. The van der Waals surface area contributed by atoms with Crippen LogP contribution in [0.3, 0.4) is 0 Å². The van der Waals surface area contributed by atoms with Gasteiger partial charge >= 0.3 is 0 Å². The predicted molar refractivity (Wildman–Crippen MR) is 111 cm³/mol. The minimum atomic E-state index is -0.0643. The lowest BCUT2D eigenvalue weighted by Crippen LogP contribution is -2.45. The van der Waals surface area contributed by atoms with Crippen LogP contribution in [0.25, 0.3) is 0 Å². The van der Waals surface area contributed by atoms with Gasteiger partial charge in [-0.25, -0.2) is 4.98 Å². The average molecular weight is 386 g/mol. The van der Waals surface area contributed by atoms with Crippen LogP contribution < -0.4 is 10.2 Å². The van der Waals surface area contributed by atoms with Crippen LogP contribution in [0.15, 0.2) is 42.6 Å². The molecule has 2 heterocycles.